The molecule has 0 atom stereocenters. The molecular formula is C17H25N3O2. The third kappa shape index (κ3) is 4.24. The zero-order chi connectivity index (χ0) is 15.8. The number of urea groups is 1. The van der Waals surface area contributed by atoms with Crippen LogP contribution >= 0.6 is 0 Å². The van der Waals surface area contributed by atoms with E-state index < -0.39 is 0 Å². The Morgan fingerprint density at radius 3 is 2.86 bits per heavy atom. The summed E-state index contributed by atoms with van der Waals surface area (Å²) in [6.45, 7) is 4.26. The maximum atomic E-state index is 12.0. The lowest BCUT2D eigenvalue weighted by Crippen LogP contribution is -2.29. The van der Waals surface area contributed by atoms with Crippen LogP contribution in [-0.2, 0) is 11.3 Å². The summed E-state index contributed by atoms with van der Waals surface area (Å²) in [5, 5.41) is 6.89. The number of rotatable bonds is 8. The third-order valence-electron chi connectivity index (χ3n) is 3.64. The smallest absolute Gasteiger partial charge is 0.319 e. The standard InChI is InChI=1S/C17H25N3O2/c1-3-4-7-10-18-17(21)19-15-13-20(11-12-22-2)16-9-6-5-8-14(15)16/h5-6,8-9,13H,3-4,7,10-12H2,1-2H3,(H2,18,19,21). The number of carbonyl (C=O) groups is 1. The Kier molecular flexibility index (Phi) is 6.27. The average molecular weight is 303 g/mol. The summed E-state index contributed by atoms with van der Waals surface area (Å²) in [5.74, 6) is 0. The maximum absolute atomic E-state index is 12.0. The van der Waals surface area contributed by atoms with Gasteiger partial charge in [-0.3, -0.25) is 0 Å². The van der Waals surface area contributed by atoms with Crippen LogP contribution in [0, 0.1) is 0 Å². The van der Waals surface area contributed by atoms with Crippen LogP contribution in [0.5, 0.6) is 0 Å². The van der Waals surface area contributed by atoms with Crippen LogP contribution in [0.25, 0.3) is 10.9 Å². The van der Waals surface area contributed by atoms with Gasteiger partial charge in [-0.2, -0.15) is 0 Å². The molecule has 1 aromatic carbocycles. The van der Waals surface area contributed by atoms with Gasteiger partial charge in [-0.15, -0.1) is 0 Å². The second-order valence-electron chi connectivity index (χ2n) is 5.33. The number of nitrogens with one attached hydrogen (secondary N) is 2. The number of ether oxygens (including phenoxy) is 1. The number of methoxy groups -OCH3 is 1. The number of fused-ring (bicyclic) bond motifs is 1. The minimum Gasteiger partial charge on any atom is -0.383 e. The van der Waals surface area contributed by atoms with E-state index in [1.807, 2.05) is 24.4 Å². The number of amides is 2. The van der Waals surface area contributed by atoms with E-state index in [-0.39, 0.29) is 6.03 Å². The van der Waals surface area contributed by atoms with Crippen LogP contribution in [-0.4, -0.2) is 30.9 Å². The number of anilines is 1. The highest BCUT2D eigenvalue weighted by molar-refractivity contribution is 6.01. The van der Waals surface area contributed by atoms with Crippen LogP contribution in [0.4, 0.5) is 10.5 Å². The van der Waals surface area contributed by atoms with Gasteiger partial charge in [0.15, 0.2) is 0 Å². The lowest BCUT2D eigenvalue weighted by molar-refractivity contribution is 0.188. The molecule has 22 heavy (non-hydrogen) atoms. The molecule has 0 bridgehead atoms. The van der Waals surface area contributed by atoms with Gasteiger partial charge < -0.3 is 19.9 Å². The van der Waals surface area contributed by atoms with E-state index in [4.69, 9.17) is 4.74 Å². The number of hydrogen-bond donors (Lipinski definition) is 2. The van der Waals surface area contributed by atoms with Crippen molar-refractivity contribution in [2.75, 3.05) is 25.6 Å². The minimum absolute atomic E-state index is 0.147. The molecule has 0 aliphatic carbocycles. The summed E-state index contributed by atoms with van der Waals surface area (Å²) < 4.78 is 7.24. The SMILES string of the molecule is CCCCCNC(=O)Nc1cn(CCOC)c2ccccc12. The predicted octanol–water partition coefficient (Wildman–Crippen LogP) is 3.60. The predicted molar refractivity (Wildman–Crippen MR) is 90.4 cm³/mol. The molecule has 1 heterocycles. The largest absolute Gasteiger partial charge is 0.383 e. The van der Waals surface area contributed by atoms with Gasteiger partial charge in [-0.05, 0) is 12.5 Å². The second-order valence-corrected chi connectivity index (χ2v) is 5.33. The van der Waals surface area contributed by atoms with Crippen LogP contribution in [0.3, 0.4) is 0 Å². The number of carbonyl (C=O) groups excluding carboxylic acids is 1. The highest BCUT2D eigenvalue weighted by Gasteiger charge is 2.10. The van der Waals surface area contributed by atoms with Crippen molar-refractivity contribution in [1.82, 2.24) is 9.88 Å². The highest BCUT2D eigenvalue weighted by atomic mass is 16.5. The molecule has 2 rings (SSSR count). The molecule has 2 N–H and O–H groups in total. The maximum Gasteiger partial charge on any atom is 0.319 e. The van der Waals surface area contributed by atoms with Crippen LogP contribution in [0.2, 0.25) is 0 Å². The van der Waals surface area contributed by atoms with Gasteiger partial charge >= 0.3 is 6.03 Å². The van der Waals surface area contributed by atoms with Crippen molar-refractivity contribution in [2.24, 2.45) is 0 Å². The summed E-state index contributed by atoms with van der Waals surface area (Å²) in [4.78, 5) is 12.0. The number of unbranched alkanes of at least 4 members (excludes halogenated alkanes) is 2. The van der Waals surface area contributed by atoms with Crippen molar-refractivity contribution in [3.63, 3.8) is 0 Å². The molecule has 0 unspecified atom stereocenters. The summed E-state index contributed by atoms with van der Waals surface area (Å²) >= 11 is 0. The van der Waals surface area contributed by atoms with Crippen molar-refractivity contribution in [3.05, 3.63) is 30.5 Å². The van der Waals surface area contributed by atoms with E-state index in [0.717, 1.165) is 42.4 Å². The van der Waals surface area contributed by atoms with Gasteiger partial charge in [0.1, 0.15) is 0 Å². The van der Waals surface area contributed by atoms with Crippen molar-refractivity contribution in [2.45, 2.75) is 32.7 Å². The molecule has 5 nitrogen and oxygen atoms in total. The quantitative estimate of drug-likeness (QED) is 0.732. The zero-order valence-electron chi connectivity index (χ0n) is 13.4. The number of hydrogen-bond acceptors (Lipinski definition) is 2. The molecule has 0 aliphatic heterocycles. The molecule has 0 aliphatic rings. The Bertz CT molecular complexity index is 607. The molecular weight excluding hydrogens is 278 g/mol. The van der Waals surface area contributed by atoms with E-state index in [9.17, 15) is 4.79 Å². The topological polar surface area (TPSA) is 55.3 Å². The number of aromatic nitrogens is 1. The number of nitrogens with zero attached hydrogens (tertiary/aromatic N) is 1. The Morgan fingerprint density at radius 1 is 1.27 bits per heavy atom. The number of benzene rings is 1. The molecule has 0 saturated carbocycles. The highest BCUT2D eigenvalue weighted by Crippen LogP contribution is 2.25. The Hall–Kier alpha value is -2.01. The first-order valence-corrected chi connectivity index (χ1v) is 7.88. The summed E-state index contributed by atoms with van der Waals surface area (Å²) in [6.07, 6.45) is 5.27. The first-order valence-electron chi connectivity index (χ1n) is 7.88. The fourth-order valence-electron chi connectivity index (χ4n) is 2.46. The first-order chi connectivity index (χ1) is 10.8. The second kappa shape index (κ2) is 8.44. The fourth-order valence-corrected chi connectivity index (χ4v) is 2.46. The van der Waals surface area contributed by atoms with Gasteiger partial charge in [0.25, 0.3) is 0 Å². The van der Waals surface area contributed by atoms with Gasteiger partial charge in [0, 0.05) is 31.8 Å². The lowest BCUT2D eigenvalue weighted by atomic mass is 10.2. The summed E-state index contributed by atoms with van der Waals surface area (Å²) in [6, 6.07) is 7.90. The van der Waals surface area contributed by atoms with Crippen molar-refractivity contribution in [3.8, 4) is 0 Å². The van der Waals surface area contributed by atoms with Gasteiger partial charge in [-0.1, -0.05) is 38.0 Å². The van der Waals surface area contributed by atoms with E-state index in [0.29, 0.717) is 13.2 Å². The van der Waals surface area contributed by atoms with Crippen LogP contribution in [0.15, 0.2) is 30.5 Å². The average Bonchev–Trinajstić information content (AvgIpc) is 2.88. The lowest BCUT2D eigenvalue weighted by Gasteiger charge is -2.06. The van der Waals surface area contributed by atoms with Crippen molar-refractivity contribution >= 4 is 22.6 Å². The van der Waals surface area contributed by atoms with Crippen molar-refractivity contribution in [1.29, 1.82) is 0 Å². The molecule has 2 aromatic rings. The van der Waals surface area contributed by atoms with Gasteiger partial charge in [-0.25, -0.2) is 4.79 Å². The molecule has 0 fully saturated rings. The van der Waals surface area contributed by atoms with Crippen LogP contribution < -0.4 is 10.6 Å². The summed E-state index contributed by atoms with van der Waals surface area (Å²) in [5.41, 5.74) is 1.93. The van der Waals surface area contributed by atoms with Crippen molar-refractivity contribution < 1.29 is 9.53 Å². The Balaban J connectivity index is 2.05. The Labute approximate surface area is 131 Å². The third-order valence-corrected chi connectivity index (χ3v) is 3.64. The molecule has 0 spiro atoms. The van der Waals surface area contributed by atoms with E-state index in [2.05, 4.69) is 28.2 Å². The molecule has 2 amide bonds. The molecule has 0 saturated heterocycles. The molecule has 0 radical (unpaired) electrons. The van der Waals surface area contributed by atoms with E-state index in [1.54, 1.807) is 7.11 Å². The van der Waals surface area contributed by atoms with E-state index >= 15 is 0 Å². The van der Waals surface area contributed by atoms with Gasteiger partial charge in [0.2, 0.25) is 0 Å². The number of para-hydroxylation sites is 1. The summed E-state index contributed by atoms with van der Waals surface area (Å²) in [7, 11) is 1.69. The van der Waals surface area contributed by atoms with E-state index in [1.165, 1.54) is 0 Å². The van der Waals surface area contributed by atoms with Crippen LogP contribution in [0.1, 0.15) is 26.2 Å². The normalized spacial score (nSPS) is 10.8. The zero-order valence-corrected chi connectivity index (χ0v) is 13.4. The minimum atomic E-state index is -0.147. The molecule has 1 aromatic heterocycles. The Morgan fingerprint density at radius 2 is 2.09 bits per heavy atom. The molecule has 5 heteroatoms. The molecule has 120 valence electrons. The monoisotopic (exact) mass is 303 g/mol. The first kappa shape index (κ1) is 16.4. The van der Waals surface area contributed by atoms with Gasteiger partial charge in [0.05, 0.1) is 17.8 Å². The fraction of sp³-hybridized carbons (Fsp3) is 0.471.